The van der Waals surface area contributed by atoms with E-state index in [1.807, 2.05) is 30.3 Å². The summed E-state index contributed by atoms with van der Waals surface area (Å²) in [5.41, 5.74) is 4.38. The maximum atomic E-state index is 3.30. The van der Waals surface area contributed by atoms with E-state index in [0.717, 1.165) is 11.3 Å². The molecule has 2 heteroatoms. The van der Waals surface area contributed by atoms with E-state index >= 15 is 0 Å². The van der Waals surface area contributed by atoms with Gasteiger partial charge in [-0.2, -0.15) is 0 Å². The fraction of sp³-hybridized carbons (Fsp3) is 0.286. The summed E-state index contributed by atoms with van der Waals surface area (Å²) in [6.45, 7) is 6.74. The Hall–Kier alpha value is -1.09. The monoisotopic (exact) mass is 244 g/mol. The average molecular weight is 244 g/mol. The fourth-order valence-corrected chi connectivity index (χ4v) is 2.65. The summed E-state index contributed by atoms with van der Waals surface area (Å²) in [7, 11) is -1.21. The van der Waals surface area contributed by atoms with Gasteiger partial charge in [-0.05, 0) is 17.4 Å². The third kappa shape index (κ3) is 6.40. The van der Waals surface area contributed by atoms with Crippen molar-refractivity contribution < 1.29 is 0 Å². The first kappa shape index (κ1) is 13.0. The minimum Gasteiger partial charge on any atom is -0.120 e. The Balaban J connectivity index is 2.37. The Morgan fingerprint density at radius 1 is 1.12 bits per heavy atom. The van der Waals surface area contributed by atoms with E-state index in [2.05, 4.69) is 42.3 Å². The molecular weight excluding hydrogens is 228 g/mol. The zero-order chi connectivity index (χ0) is 11.9. The number of benzene rings is 1. The van der Waals surface area contributed by atoms with E-state index in [9.17, 15) is 0 Å². The molecule has 0 radical (unpaired) electrons. The van der Waals surface area contributed by atoms with Crippen LogP contribution in [0.1, 0.15) is 5.56 Å². The number of hydrogen-bond acceptors (Lipinski definition) is 1. The van der Waals surface area contributed by atoms with Crippen molar-refractivity contribution in [2.75, 3.05) is 5.75 Å². The van der Waals surface area contributed by atoms with Gasteiger partial charge in [0.25, 0.3) is 0 Å². The molecule has 16 heavy (non-hydrogen) atoms. The maximum Gasteiger partial charge on any atom is 0.130 e. The van der Waals surface area contributed by atoms with Gasteiger partial charge in [0.1, 0.15) is 8.07 Å². The lowest BCUT2D eigenvalue weighted by Crippen LogP contribution is -2.15. The lowest BCUT2D eigenvalue weighted by Gasteiger charge is -2.02. The van der Waals surface area contributed by atoms with E-state index in [0.29, 0.717) is 0 Å². The Morgan fingerprint density at radius 2 is 1.81 bits per heavy atom. The maximum absolute atomic E-state index is 3.30. The van der Waals surface area contributed by atoms with Gasteiger partial charge in [0, 0.05) is 5.56 Å². The predicted octanol–water partition coefficient (Wildman–Crippen LogP) is 3.61. The summed E-state index contributed by atoms with van der Waals surface area (Å²) in [5, 5.41) is 3.14. The molecule has 0 saturated heterocycles. The second-order valence-electron chi connectivity index (χ2n) is 4.43. The molecule has 0 spiro atoms. The van der Waals surface area contributed by atoms with Gasteiger partial charge < -0.3 is 0 Å². The molecule has 1 rings (SSSR count). The molecule has 0 aliphatic carbocycles. The van der Waals surface area contributed by atoms with Crippen LogP contribution in [0.4, 0.5) is 0 Å². The number of hydrogen-bond donors (Lipinski definition) is 0. The average Bonchev–Trinajstić information content (AvgIpc) is 2.23. The Bertz CT molecular complexity index is 435. The molecule has 0 nitrogen and oxygen atoms in total. The molecule has 0 aliphatic rings. The highest BCUT2D eigenvalue weighted by Gasteiger charge is 2.06. The van der Waals surface area contributed by atoms with Gasteiger partial charge in [-0.25, -0.2) is 0 Å². The van der Waals surface area contributed by atoms with Crippen molar-refractivity contribution >= 4 is 19.8 Å². The third-order valence-electron chi connectivity index (χ3n) is 1.65. The Labute approximate surface area is 104 Å². The number of rotatable bonds is 1. The first-order valence-corrected chi connectivity index (χ1v) is 9.74. The van der Waals surface area contributed by atoms with E-state index in [1.54, 1.807) is 11.8 Å². The van der Waals surface area contributed by atoms with Crippen LogP contribution in [0.15, 0.2) is 30.3 Å². The number of thioether (sulfide) groups is 1. The summed E-state index contributed by atoms with van der Waals surface area (Å²) in [6, 6.07) is 10.0. The molecule has 1 aromatic carbocycles. The van der Waals surface area contributed by atoms with Crippen molar-refractivity contribution in [3.63, 3.8) is 0 Å². The zero-order valence-corrected chi connectivity index (χ0v) is 11.8. The standard InChI is InChI=1S/C14H16SSi/c1-16(2,3)13-12-15-11-7-10-14-8-5-4-6-9-14/h4-6,8-9H,11H2,1-3H3. The van der Waals surface area contributed by atoms with Gasteiger partial charge in [0.05, 0.1) is 5.75 Å². The normalized spacial score (nSPS) is 9.69. The molecule has 0 saturated carbocycles. The lowest BCUT2D eigenvalue weighted by molar-refractivity contribution is 1.65. The van der Waals surface area contributed by atoms with Gasteiger partial charge in [-0.3, -0.25) is 0 Å². The van der Waals surface area contributed by atoms with Crippen LogP contribution in [-0.2, 0) is 0 Å². The summed E-state index contributed by atoms with van der Waals surface area (Å²) >= 11 is 1.60. The second-order valence-corrected chi connectivity index (χ2v) is 9.97. The van der Waals surface area contributed by atoms with Crippen LogP contribution in [0.5, 0.6) is 0 Å². The minimum absolute atomic E-state index is 0.784. The van der Waals surface area contributed by atoms with Crippen molar-refractivity contribution in [3.05, 3.63) is 35.9 Å². The van der Waals surface area contributed by atoms with Crippen LogP contribution in [0, 0.1) is 22.6 Å². The Kier molecular flexibility index (Phi) is 5.26. The van der Waals surface area contributed by atoms with Crippen LogP contribution in [0.2, 0.25) is 19.6 Å². The minimum atomic E-state index is -1.21. The van der Waals surface area contributed by atoms with E-state index in [4.69, 9.17) is 0 Å². The topological polar surface area (TPSA) is 0 Å². The van der Waals surface area contributed by atoms with Crippen LogP contribution in [0.25, 0.3) is 0 Å². The van der Waals surface area contributed by atoms with Crippen LogP contribution < -0.4 is 0 Å². The molecule has 0 heterocycles. The molecule has 0 atom stereocenters. The van der Waals surface area contributed by atoms with Crippen molar-refractivity contribution in [2.24, 2.45) is 0 Å². The van der Waals surface area contributed by atoms with Gasteiger partial charge in [-0.15, -0.1) is 5.54 Å². The van der Waals surface area contributed by atoms with Crippen LogP contribution in [-0.4, -0.2) is 13.8 Å². The van der Waals surface area contributed by atoms with E-state index in [1.165, 1.54) is 0 Å². The first-order chi connectivity index (χ1) is 7.58. The van der Waals surface area contributed by atoms with E-state index < -0.39 is 8.07 Å². The largest absolute Gasteiger partial charge is 0.130 e. The molecule has 1 aromatic rings. The molecular formula is C14H16SSi. The predicted molar refractivity (Wildman–Crippen MR) is 76.9 cm³/mol. The molecule has 0 bridgehead atoms. The van der Waals surface area contributed by atoms with Gasteiger partial charge >= 0.3 is 0 Å². The highest BCUT2D eigenvalue weighted by atomic mass is 32.2. The van der Waals surface area contributed by atoms with Crippen LogP contribution in [0.3, 0.4) is 0 Å². The summed E-state index contributed by atoms with van der Waals surface area (Å²) < 4.78 is 0. The van der Waals surface area contributed by atoms with Crippen molar-refractivity contribution in [2.45, 2.75) is 19.6 Å². The summed E-state index contributed by atoms with van der Waals surface area (Å²) in [4.78, 5) is 0. The van der Waals surface area contributed by atoms with Crippen LogP contribution >= 0.6 is 11.8 Å². The van der Waals surface area contributed by atoms with E-state index in [-0.39, 0.29) is 0 Å². The highest BCUT2D eigenvalue weighted by molar-refractivity contribution is 8.04. The summed E-state index contributed by atoms with van der Waals surface area (Å²) in [5.74, 6) is 7.01. The third-order valence-corrected chi connectivity index (χ3v) is 3.24. The molecule has 82 valence electrons. The van der Waals surface area contributed by atoms with Crippen molar-refractivity contribution in [3.8, 4) is 22.6 Å². The molecule has 0 aliphatic heterocycles. The highest BCUT2D eigenvalue weighted by Crippen LogP contribution is 2.01. The molecule has 0 aromatic heterocycles. The molecule has 0 amide bonds. The zero-order valence-electron chi connectivity index (χ0n) is 10.0. The smallest absolute Gasteiger partial charge is 0.120 e. The fourth-order valence-electron chi connectivity index (χ4n) is 0.921. The van der Waals surface area contributed by atoms with Gasteiger partial charge in [-0.1, -0.05) is 61.4 Å². The summed E-state index contributed by atoms with van der Waals surface area (Å²) in [6.07, 6.45) is 0. The molecule has 0 N–H and O–H groups in total. The molecule has 0 fully saturated rings. The SMILES string of the molecule is C[Si](C)(C)C#CSCC#Cc1ccccc1. The Morgan fingerprint density at radius 3 is 2.44 bits per heavy atom. The van der Waals surface area contributed by atoms with Gasteiger partial charge in [0.2, 0.25) is 0 Å². The van der Waals surface area contributed by atoms with Crippen molar-refractivity contribution in [1.82, 2.24) is 0 Å². The first-order valence-electron chi connectivity index (χ1n) is 5.26. The van der Waals surface area contributed by atoms with Crippen molar-refractivity contribution in [1.29, 1.82) is 0 Å². The van der Waals surface area contributed by atoms with Gasteiger partial charge in [0.15, 0.2) is 0 Å². The molecule has 0 unspecified atom stereocenters. The second kappa shape index (κ2) is 6.48. The quantitative estimate of drug-likeness (QED) is 0.413. The lowest BCUT2D eigenvalue weighted by atomic mass is 10.2.